The zero-order chi connectivity index (χ0) is 22.8. The van der Waals surface area contributed by atoms with Crippen molar-refractivity contribution in [3.63, 3.8) is 0 Å². The smallest absolute Gasteiger partial charge is 0.295 e. The van der Waals surface area contributed by atoms with Gasteiger partial charge in [-0.1, -0.05) is 12.1 Å². The molecule has 8 heteroatoms. The van der Waals surface area contributed by atoms with Gasteiger partial charge in [-0.15, -0.1) is 0 Å². The van der Waals surface area contributed by atoms with Gasteiger partial charge in [0.2, 0.25) is 0 Å². The number of hydrogen-bond donors (Lipinski definition) is 2. The number of likely N-dealkylation sites (tertiary alicyclic amines) is 1. The lowest BCUT2D eigenvalue weighted by atomic mass is 9.94. The van der Waals surface area contributed by atoms with Crippen molar-refractivity contribution in [3.05, 3.63) is 59.2 Å². The van der Waals surface area contributed by atoms with Crippen LogP contribution in [0.2, 0.25) is 0 Å². The van der Waals surface area contributed by atoms with Gasteiger partial charge < -0.3 is 29.3 Å². The van der Waals surface area contributed by atoms with E-state index in [0.29, 0.717) is 23.7 Å². The molecular formula is C24H25NO7. The molecule has 0 aromatic heterocycles. The van der Waals surface area contributed by atoms with Crippen molar-refractivity contribution in [1.82, 2.24) is 4.90 Å². The topological polar surface area (TPSA) is 106 Å². The molecule has 32 heavy (non-hydrogen) atoms. The molecule has 0 aliphatic carbocycles. The van der Waals surface area contributed by atoms with Crippen LogP contribution in [0.3, 0.4) is 0 Å². The number of carbonyl (C=O) groups excluding carboxylic acids is 2. The fourth-order valence-corrected chi connectivity index (χ4v) is 4.22. The van der Waals surface area contributed by atoms with Crippen LogP contribution >= 0.6 is 0 Å². The van der Waals surface area contributed by atoms with E-state index in [1.807, 2.05) is 0 Å². The summed E-state index contributed by atoms with van der Waals surface area (Å²) in [6, 6.07) is 10.2. The first-order valence-corrected chi connectivity index (χ1v) is 10.4. The lowest BCUT2D eigenvalue weighted by Gasteiger charge is -2.27. The molecule has 2 unspecified atom stereocenters. The Morgan fingerprint density at radius 3 is 2.50 bits per heavy atom. The number of phenolic OH excluding ortho intramolecular Hbond substituents is 1. The van der Waals surface area contributed by atoms with E-state index in [0.717, 1.165) is 12.8 Å². The van der Waals surface area contributed by atoms with Crippen LogP contribution in [-0.4, -0.2) is 60.3 Å². The van der Waals surface area contributed by atoms with Gasteiger partial charge in [0.15, 0.2) is 0 Å². The Morgan fingerprint density at radius 2 is 1.88 bits per heavy atom. The molecule has 0 saturated carbocycles. The summed E-state index contributed by atoms with van der Waals surface area (Å²) in [7, 11) is 2.94. The van der Waals surface area contributed by atoms with E-state index in [1.165, 1.54) is 31.3 Å². The van der Waals surface area contributed by atoms with Crippen molar-refractivity contribution >= 4 is 17.4 Å². The van der Waals surface area contributed by atoms with Gasteiger partial charge in [0, 0.05) is 13.2 Å². The highest BCUT2D eigenvalue weighted by atomic mass is 16.5. The van der Waals surface area contributed by atoms with E-state index < -0.39 is 17.7 Å². The van der Waals surface area contributed by atoms with Gasteiger partial charge in [-0.2, -0.15) is 0 Å². The van der Waals surface area contributed by atoms with Crippen LogP contribution < -0.4 is 9.47 Å². The minimum atomic E-state index is -0.837. The molecule has 2 aliphatic rings. The number of rotatable bonds is 6. The van der Waals surface area contributed by atoms with Crippen LogP contribution in [0.25, 0.3) is 5.76 Å². The molecule has 8 nitrogen and oxygen atoms in total. The molecule has 168 valence electrons. The summed E-state index contributed by atoms with van der Waals surface area (Å²) in [4.78, 5) is 27.6. The molecule has 2 aromatic carbocycles. The Balaban J connectivity index is 1.87. The monoisotopic (exact) mass is 439 g/mol. The van der Waals surface area contributed by atoms with Crippen molar-refractivity contribution in [1.29, 1.82) is 0 Å². The number of aliphatic hydroxyl groups is 1. The average molecular weight is 439 g/mol. The normalized spacial score (nSPS) is 22.4. The number of benzene rings is 2. The summed E-state index contributed by atoms with van der Waals surface area (Å²) in [6.45, 7) is 0.835. The zero-order valence-corrected chi connectivity index (χ0v) is 17.9. The lowest BCUT2D eigenvalue weighted by Crippen LogP contribution is -2.36. The number of methoxy groups -OCH3 is 2. The summed E-state index contributed by atoms with van der Waals surface area (Å²) >= 11 is 0. The predicted molar refractivity (Wildman–Crippen MR) is 116 cm³/mol. The van der Waals surface area contributed by atoms with E-state index in [9.17, 15) is 19.8 Å². The largest absolute Gasteiger partial charge is 0.508 e. The second-order valence-electron chi connectivity index (χ2n) is 7.74. The zero-order valence-electron chi connectivity index (χ0n) is 17.9. The number of aliphatic hydroxyl groups excluding tert-OH is 1. The fourth-order valence-electron chi connectivity index (χ4n) is 4.22. The highest BCUT2D eigenvalue weighted by molar-refractivity contribution is 6.46. The van der Waals surface area contributed by atoms with Crippen molar-refractivity contribution in [2.45, 2.75) is 25.0 Å². The summed E-state index contributed by atoms with van der Waals surface area (Å²) in [5, 5.41) is 21.0. The number of nitrogens with zero attached hydrogens (tertiary/aromatic N) is 1. The third kappa shape index (κ3) is 3.89. The summed E-state index contributed by atoms with van der Waals surface area (Å²) < 4.78 is 16.3. The maximum atomic E-state index is 13.1. The van der Waals surface area contributed by atoms with Crippen molar-refractivity contribution in [2.75, 3.05) is 27.4 Å². The number of hydrogen-bond acceptors (Lipinski definition) is 7. The number of carbonyl (C=O) groups is 2. The summed E-state index contributed by atoms with van der Waals surface area (Å²) in [6.07, 6.45) is 1.49. The van der Waals surface area contributed by atoms with Crippen LogP contribution in [0.4, 0.5) is 0 Å². The Hall–Kier alpha value is -3.52. The molecule has 2 heterocycles. The fraction of sp³-hybridized carbons (Fsp3) is 0.333. The number of Topliss-reactive ketones (excluding diaryl/α,β-unsaturated/α-hetero) is 1. The Labute approximate surface area is 185 Å². The number of ether oxygens (including phenoxy) is 3. The first-order valence-electron chi connectivity index (χ1n) is 10.4. The van der Waals surface area contributed by atoms with Gasteiger partial charge in [0.05, 0.1) is 37.5 Å². The van der Waals surface area contributed by atoms with E-state index in [1.54, 1.807) is 30.3 Å². The van der Waals surface area contributed by atoms with Crippen molar-refractivity contribution in [3.8, 4) is 17.2 Å². The van der Waals surface area contributed by atoms with Gasteiger partial charge >= 0.3 is 0 Å². The van der Waals surface area contributed by atoms with Crippen LogP contribution in [-0.2, 0) is 14.3 Å². The molecule has 0 radical (unpaired) electrons. The SMILES string of the molecule is COc1ccc(OC)c(/C(O)=C2\C(=O)C(=O)N(CC3CCCO3)C2c2ccc(O)cc2)c1. The summed E-state index contributed by atoms with van der Waals surface area (Å²) in [5.41, 5.74) is 0.777. The highest BCUT2D eigenvalue weighted by Gasteiger charge is 2.47. The van der Waals surface area contributed by atoms with Crippen molar-refractivity contribution < 1.29 is 34.0 Å². The van der Waals surface area contributed by atoms with Gasteiger partial charge in [0.1, 0.15) is 23.0 Å². The molecule has 1 amide bonds. The number of amides is 1. The number of aromatic hydroxyl groups is 1. The Morgan fingerprint density at radius 1 is 1.12 bits per heavy atom. The van der Waals surface area contributed by atoms with Crippen LogP contribution in [0, 0.1) is 0 Å². The lowest BCUT2D eigenvalue weighted by molar-refractivity contribution is -0.140. The number of ketones is 1. The van der Waals surface area contributed by atoms with E-state index in [2.05, 4.69) is 0 Å². The molecule has 0 bridgehead atoms. The van der Waals surface area contributed by atoms with Gasteiger partial charge in [-0.05, 0) is 48.7 Å². The molecule has 2 aromatic rings. The molecular weight excluding hydrogens is 414 g/mol. The predicted octanol–water partition coefficient (Wildman–Crippen LogP) is 3.01. The highest BCUT2D eigenvalue weighted by Crippen LogP contribution is 2.42. The van der Waals surface area contributed by atoms with Crippen LogP contribution in [0.1, 0.15) is 30.0 Å². The second-order valence-corrected chi connectivity index (χ2v) is 7.74. The molecule has 0 spiro atoms. The molecule has 2 N–H and O–H groups in total. The average Bonchev–Trinajstić information content (AvgIpc) is 3.41. The third-order valence-corrected chi connectivity index (χ3v) is 5.83. The van der Waals surface area contributed by atoms with Crippen LogP contribution in [0.15, 0.2) is 48.0 Å². The summed E-state index contributed by atoms with van der Waals surface area (Å²) in [5.74, 6) is -1.00. The van der Waals surface area contributed by atoms with Gasteiger partial charge in [0.25, 0.3) is 11.7 Å². The standard InChI is InChI=1S/C24H25NO7/c1-30-16-9-10-19(31-2)18(12-16)22(27)20-21(14-5-7-15(26)8-6-14)25(24(29)23(20)28)13-17-4-3-11-32-17/h5-10,12,17,21,26-27H,3-4,11,13H2,1-2H3/b22-20+. The van der Waals surface area contributed by atoms with E-state index >= 15 is 0 Å². The quantitative estimate of drug-likeness (QED) is 0.405. The molecule has 2 saturated heterocycles. The Bertz CT molecular complexity index is 1050. The molecule has 2 fully saturated rings. The maximum Gasteiger partial charge on any atom is 0.295 e. The van der Waals surface area contributed by atoms with Crippen molar-refractivity contribution in [2.24, 2.45) is 0 Å². The van der Waals surface area contributed by atoms with Gasteiger partial charge in [-0.25, -0.2) is 0 Å². The number of phenols is 1. The first kappa shape index (κ1) is 21.7. The second kappa shape index (κ2) is 8.92. The third-order valence-electron chi connectivity index (χ3n) is 5.83. The van der Waals surface area contributed by atoms with E-state index in [-0.39, 0.29) is 35.3 Å². The van der Waals surface area contributed by atoms with E-state index in [4.69, 9.17) is 14.2 Å². The molecule has 4 rings (SSSR count). The minimum absolute atomic E-state index is 0.0507. The molecule has 2 aliphatic heterocycles. The van der Waals surface area contributed by atoms with Crippen LogP contribution in [0.5, 0.6) is 17.2 Å². The molecule has 2 atom stereocenters. The first-order chi connectivity index (χ1) is 15.4. The Kier molecular flexibility index (Phi) is 6.05. The van der Waals surface area contributed by atoms with Gasteiger partial charge in [-0.3, -0.25) is 9.59 Å². The minimum Gasteiger partial charge on any atom is -0.508 e. The maximum absolute atomic E-state index is 13.1.